The van der Waals surface area contributed by atoms with Gasteiger partial charge in [0.05, 0.1) is 12.8 Å². The summed E-state index contributed by atoms with van der Waals surface area (Å²) in [5.74, 6) is 1.09. The minimum Gasteiger partial charge on any atom is -0.496 e. The Balaban J connectivity index is 1.26. The first-order valence-corrected chi connectivity index (χ1v) is 10.8. The van der Waals surface area contributed by atoms with E-state index >= 15 is 0 Å². The maximum absolute atomic E-state index is 14.0. The van der Waals surface area contributed by atoms with Crippen LogP contribution in [0.25, 0.3) is 0 Å². The van der Waals surface area contributed by atoms with Crippen LogP contribution in [0.15, 0.2) is 48.5 Å². The number of piperazine rings is 1. The molecule has 6 heteroatoms. The van der Waals surface area contributed by atoms with Gasteiger partial charge in [-0.05, 0) is 44.1 Å². The van der Waals surface area contributed by atoms with Gasteiger partial charge in [-0.15, -0.1) is 0 Å². The fourth-order valence-corrected chi connectivity index (χ4v) is 4.55. The van der Waals surface area contributed by atoms with Crippen molar-refractivity contribution in [2.24, 2.45) is 5.92 Å². The van der Waals surface area contributed by atoms with Gasteiger partial charge in [0.25, 0.3) is 0 Å². The molecular weight excluding hydrogens is 381 g/mol. The van der Waals surface area contributed by atoms with Crippen molar-refractivity contribution in [3.8, 4) is 5.75 Å². The Labute approximate surface area is 178 Å². The minimum absolute atomic E-state index is 0.0962. The molecule has 30 heavy (non-hydrogen) atoms. The number of carbonyl (C=O) groups excluding carboxylic acids is 1. The lowest BCUT2D eigenvalue weighted by Crippen LogP contribution is -2.51. The summed E-state index contributed by atoms with van der Waals surface area (Å²) in [6.45, 7) is 5.38. The molecule has 2 saturated heterocycles. The van der Waals surface area contributed by atoms with Gasteiger partial charge in [0.2, 0.25) is 5.91 Å². The molecular formula is C24H30FN3O2. The summed E-state index contributed by atoms with van der Waals surface area (Å²) in [4.78, 5) is 19.4. The summed E-state index contributed by atoms with van der Waals surface area (Å²) in [5.41, 5.74) is 1.82. The quantitative estimate of drug-likeness (QED) is 0.756. The zero-order valence-electron chi connectivity index (χ0n) is 17.6. The van der Waals surface area contributed by atoms with Crippen LogP contribution in [0.4, 0.5) is 10.1 Å². The summed E-state index contributed by atoms with van der Waals surface area (Å²) >= 11 is 0. The molecule has 0 atom stereocenters. The number of nitrogens with zero attached hydrogens (tertiary/aromatic N) is 3. The maximum atomic E-state index is 14.0. The van der Waals surface area contributed by atoms with Gasteiger partial charge < -0.3 is 14.5 Å². The molecule has 160 valence electrons. The van der Waals surface area contributed by atoms with Crippen LogP contribution in [0, 0.1) is 11.7 Å². The van der Waals surface area contributed by atoms with Gasteiger partial charge in [0.15, 0.2) is 0 Å². The first kappa shape index (κ1) is 20.7. The van der Waals surface area contributed by atoms with E-state index in [4.69, 9.17) is 4.74 Å². The van der Waals surface area contributed by atoms with E-state index < -0.39 is 0 Å². The highest BCUT2D eigenvalue weighted by Gasteiger charge is 2.31. The maximum Gasteiger partial charge on any atom is 0.225 e. The molecule has 0 spiro atoms. The number of halogens is 1. The molecule has 2 heterocycles. The number of hydrogen-bond donors (Lipinski definition) is 0. The van der Waals surface area contributed by atoms with Crippen LogP contribution in [0.3, 0.4) is 0 Å². The van der Waals surface area contributed by atoms with Crippen molar-refractivity contribution in [2.45, 2.75) is 19.4 Å². The van der Waals surface area contributed by atoms with Gasteiger partial charge in [-0.25, -0.2) is 4.39 Å². The van der Waals surface area contributed by atoms with E-state index in [1.54, 1.807) is 13.2 Å². The predicted molar refractivity (Wildman–Crippen MR) is 116 cm³/mol. The summed E-state index contributed by atoms with van der Waals surface area (Å²) in [5, 5.41) is 0. The Morgan fingerprint density at radius 1 is 0.967 bits per heavy atom. The highest BCUT2D eigenvalue weighted by Crippen LogP contribution is 2.26. The number of carbonyl (C=O) groups is 1. The second-order valence-corrected chi connectivity index (χ2v) is 8.13. The Morgan fingerprint density at radius 3 is 2.33 bits per heavy atom. The van der Waals surface area contributed by atoms with Gasteiger partial charge >= 0.3 is 0 Å². The number of piperidine rings is 1. The van der Waals surface area contributed by atoms with Gasteiger partial charge in [0, 0.05) is 44.2 Å². The predicted octanol–water partition coefficient (Wildman–Crippen LogP) is 3.40. The highest BCUT2D eigenvalue weighted by molar-refractivity contribution is 5.79. The van der Waals surface area contributed by atoms with E-state index in [1.807, 2.05) is 40.1 Å². The Kier molecular flexibility index (Phi) is 6.53. The monoisotopic (exact) mass is 411 g/mol. The van der Waals surface area contributed by atoms with Crippen LogP contribution >= 0.6 is 0 Å². The third kappa shape index (κ3) is 4.59. The molecule has 2 aromatic carbocycles. The van der Waals surface area contributed by atoms with Gasteiger partial charge in [0.1, 0.15) is 11.6 Å². The average molecular weight is 412 g/mol. The number of amides is 1. The molecule has 0 unspecified atom stereocenters. The van der Waals surface area contributed by atoms with Crippen molar-refractivity contribution in [1.29, 1.82) is 0 Å². The third-order valence-corrected chi connectivity index (χ3v) is 6.31. The molecule has 0 aromatic heterocycles. The smallest absolute Gasteiger partial charge is 0.225 e. The lowest BCUT2D eigenvalue weighted by atomic mass is 9.94. The normalized spacial score (nSPS) is 18.5. The first-order valence-electron chi connectivity index (χ1n) is 10.8. The average Bonchev–Trinajstić information content (AvgIpc) is 2.80. The fraction of sp³-hybridized carbons (Fsp3) is 0.458. The number of hydrogen-bond acceptors (Lipinski definition) is 4. The van der Waals surface area contributed by atoms with Gasteiger partial charge in [-0.2, -0.15) is 0 Å². The van der Waals surface area contributed by atoms with E-state index in [9.17, 15) is 9.18 Å². The lowest BCUT2D eigenvalue weighted by molar-refractivity contribution is -0.137. The van der Waals surface area contributed by atoms with E-state index in [1.165, 1.54) is 11.6 Å². The van der Waals surface area contributed by atoms with E-state index in [0.717, 1.165) is 38.2 Å². The number of ether oxygens (including phenoxy) is 1. The molecule has 0 saturated carbocycles. The summed E-state index contributed by atoms with van der Waals surface area (Å²) < 4.78 is 19.5. The highest BCUT2D eigenvalue weighted by atomic mass is 19.1. The molecule has 2 aliphatic rings. The second-order valence-electron chi connectivity index (χ2n) is 8.13. The summed E-state index contributed by atoms with van der Waals surface area (Å²) in [7, 11) is 1.70. The number of methoxy groups -OCH3 is 1. The molecule has 0 bridgehead atoms. The van der Waals surface area contributed by atoms with Crippen LogP contribution in [0.5, 0.6) is 5.75 Å². The minimum atomic E-state index is -0.195. The zero-order chi connectivity index (χ0) is 20.9. The van der Waals surface area contributed by atoms with Crippen molar-refractivity contribution in [1.82, 2.24) is 9.80 Å². The van der Waals surface area contributed by atoms with Crippen LogP contribution in [-0.2, 0) is 11.3 Å². The molecule has 0 radical (unpaired) electrons. The molecule has 2 aliphatic heterocycles. The Morgan fingerprint density at radius 2 is 1.63 bits per heavy atom. The number of anilines is 1. The second kappa shape index (κ2) is 9.47. The van der Waals surface area contributed by atoms with Crippen molar-refractivity contribution < 1.29 is 13.9 Å². The van der Waals surface area contributed by atoms with E-state index in [0.29, 0.717) is 31.9 Å². The van der Waals surface area contributed by atoms with Crippen LogP contribution in [0.2, 0.25) is 0 Å². The zero-order valence-corrected chi connectivity index (χ0v) is 17.6. The molecule has 0 N–H and O–H groups in total. The standard InChI is InChI=1S/C24H30FN3O2/c1-30-23-9-5-2-6-20(23)18-26-12-10-19(11-13-26)24(29)28-16-14-27(15-17-28)22-8-4-3-7-21(22)25/h2-9,19H,10-18H2,1H3. The molecule has 0 aliphatic carbocycles. The van der Waals surface area contributed by atoms with Crippen molar-refractivity contribution in [2.75, 3.05) is 51.3 Å². The van der Waals surface area contributed by atoms with Crippen LogP contribution in [-0.4, -0.2) is 62.1 Å². The number of likely N-dealkylation sites (tertiary alicyclic amines) is 1. The lowest BCUT2D eigenvalue weighted by Gasteiger charge is -2.39. The first-order chi connectivity index (χ1) is 14.7. The van der Waals surface area contributed by atoms with Crippen LogP contribution in [0.1, 0.15) is 18.4 Å². The third-order valence-electron chi connectivity index (χ3n) is 6.31. The summed E-state index contributed by atoms with van der Waals surface area (Å²) in [6, 6.07) is 15.0. The molecule has 5 nitrogen and oxygen atoms in total. The van der Waals surface area contributed by atoms with Crippen molar-refractivity contribution in [3.63, 3.8) is 0 Å². The van der Waals surface area contributed by atoms with Crippen molar-refractivity contribution >= 4 is 11.6 Å². The SMILES string of the molecule is COc1ccccc1CN1CCC(C(=O)N2CCN(c3ccccc3F)CC2)CC1. The Bertz CT molecular complexity index is 859. The topological polar surface area (TPSA) is 36.0 Å². The van der Waals surface area contributed by atoms with E-state index in [2.05, 4.69) is 11.0 Å². The molecule has 2 fully saturated rings. The molecule has 1 amide bonds. The fourth-order valence-electron chi connectivity index (χ4n) is 4.55. The molecule has 4 rings (SSSR count). The van der Waals surface area contributed by atoms with Gasteiger partial charge in [-0.3, -0.25) is 9.69 Å². The largest absolute Gasteiger partial charge is 0.496 e. The molecule has 2 aromatic rings. The number of para-hydroxylation sites is 2. The van der Waals surface area contributed by atoms with Crippen LogP contribution < -0.4 is 9.64 Å². The summed E-state index contributed by atoms with van der Waals surface area (Å²) in [6.07, 6.45) is 1.78. The van der Waals surface area contributed by atoms with Crippen molar-refractivity contribution in [3.05, 3.63) is 59.9 Å². The van der Waals surface area contributed by atoms with Gasteiger partial charge in [-0.1, -0.05) is 30.3 Å². The number of benzene rings is 2. The van der Waals surface area contributed by atoms with E-state index in [-0.39, 0.29) is 17.6 Å². The Hall–Kier alpha value is -2.60. The number of rotatable bonds is 5.